The number of rotatable bonds is 4. The Bertz CT molecular complexity index is 751. The molecule has 0 aromatic heterocycles. The number of nitro benzene ring substituents is 1. The summed E-state index contributed by atoms with van der Waals surface area (Å²) >= 11 is 5.21. The van der Waals surface area contributed by atoms with Gasteiger partial charge in [0.1, 0.15) is 12.7 Å². The molecule has 0 amide bonds. The zero-order chi connectivity index (χ0) is 16.9. The second-order valence-electron chi connectivity index (χ2n) is 5.14. The van der Waals surface area contributed by atoms with Crippen molar-refractivity contribution >= 4 is 28.7 Å². The van der Waals surface area contributed by atoms with E-state index in [1.807, 2.05) is 24.3 Å². The number of non-ortho nitro benzene ring substituents is 1. The lowest BCUT2D eigenvalue weighted by molar-refractivity contribution is -0.384. The standard InChI is InChI=1S/C16H15N3O4S/c20-19(21)12-7-5-11(6-8-12)18-16(24)17-9-13-10-22-14-3-1-2-4-15(14)23-13/h1-8,13H,9-10H2,(H2,17,18,24)/t13-/m1/s1. The number of para-hydroxylation sites is 2. The number of hydrogen-bond acceptors (Lipinski definition) is 5. The Balaban J connectivity index is 1.48. The van der Waals surface area contributed by atoms with Gasteiger partial charge < -0.3 is 20.1 Å². The highest BCUT2D eigenvalue weighted by atomic mass is 32.1. The predicted molar refractivity (Wildman–Crippen MR) is 93.7 cm³/mol. The number of fused-ring (bicyclic) bond motifs is 1. The van der Waals surface area contributed by atoms with Gasteiger partial charge in [0, 0.05) is 17.8 Å². The fraction of sp³-hybridized carbons (Fsp3) is 0.188. The summed E-state index contributed by atoms with van der Waals surface area (Å²) in [6.45, 7) is 0.914. The lowest BCUT2D eigenvalue weighted by atomic mass is 10.2. The molecule has 3 rings (SSSR count). The smallest absolute Gasteiger partial charge is 0.269 e. The number of nitro groups is 1. The van der Waals surface area contributed by atoms with Gasteiger partial charge in [-0.15, -0.1) is 0 Å². The molecule has 1 aliphatic rings. The van der Waals surface area contributed by atoms with Crippen LogP contribution < -0.4 is 20.1 Å². The molecule has 0 saturated carbocycles. The molecule has 0 fully saturated rings. The molecule has 0 aliphatic carbocycles. The van der Waals surface area contributed by atoms with Crippen molar-refractivity contribution in [2.75, 3.05) is 18.5 Å². The third-order valence-electron chi connectivity index (χ3n) is 3.39. The van der Waals surface area contributed by atoms with Crippen LogP contribution in [0.5, 0.6) is 11.5 Å². The molecule has 124 valence electrons. The van der Waals surface area contributed by atoms with Gasteiger partial charge in [-0.3, -0.25) is 10.1 Å². The molecule has 2 N–H and O–H groups in total. The Kier molecular flexibility index (Phi) is 4.76. The summed E-state index contributed by atoms with van der Waals surface area (Å²) in [5, 5.41) is 17.0. The number of ether oxygens (including phenoxy) is 2. The van der Waals surface area contributed by atoms with Crippen LogP contribution in [0.15, 0.2) is 48.5 Å². The summed E-state index contributed by atoms with van der Waals surface area (Å²) < 4.78 is 11.5. The third-order valence-corrected chi connectivity index (χ3v) is 3.64. The van der Waals surface area contributed by atoms with Gasteiger partial charge in [-0.25, -0.2) is 0 Å². The van der Waals surface area contributed by atoms with Gasteiger partial charge >= 0.3 is 0 Å². The zero-order valence-electron chi connectivity index (χ0n) is 12.6. The van der Waals surface area contributed by atoms with E-state index in [0.29, 0.717) is 29.7 Å². The van der Waals surface area contributed by atoms with Crippen LogP contribution in [0.3, 0.4) is 0 Å². The monoisotopic (exact) mass is 345 g/mol. The molecule has 0 radical (unpaired) electrons. The van der Waals surface area contributed by atoms with Crippen molar-refractivity contribution in [3.05, 3.63) is 58.6 Å². The van der Waals surface area contributed by atoms with Gasteiger partial charge in [-0.05, 0) is 36.5 Å². The highest BCUT2D eigenvalue weighted by Crippen LogP contribution is 2.30. The summed E-state index contributed by atoms with van der Waals surface area (Å²) in [4.78, 5) is 10.2. The van der Waals surface area contributed by atoms with Crippen LogP contribution in [0.25, 0.3) is 0 Å². The van der Waals surface area contributed by atoms with Crippen LogP contribution in [0, 0.1) is 10.1 Å². The number of hydrogen-bond donors (Lipinski definition) is 2. The molecule has 24 heavy (non-hydrogen) atoms. The maximum absolute atomic E-state index is 10.6. The summed E-state index contributed by atoms with van der Waals surface area (Å²) in [6.07, 6.45) is -0.156. The molecule has 1 atom stereocenters. The van der Waals surface area contributed by atoms with Crippen molar-refractivity contribution in [1.29, 1.82) is 0 Å². The van der Waals surface area contributed by atoms with E-state index in [1.54, 1.807) is 12.1 Å². The van der Waals surface area contributed by atoms with E-state index in [-0.39, 0.29) is 11.8 Å². The van der Waals surface area contributed by atoms with E-state index in [9.17, 15) is 10.1 Å². The number of anilines is 1. The fourth-order valence-corrected chi connectivity index (χ4v) is 2.41. The predicted octanol–water partition coefficient (Wildman–Crippen LogP) is 2.72. The second kappa shape index (κ2) is 7.14. The van der Waals surface area contributed by atoms with Gasteiger partial charge in [-0.1, -0.05) is 12.1 Å². The normalized spacial score (nSPS) is 15.4. The van der Waals surface area contributed by atoms with Gasteiger partial charge in [0.2, 0.25) is 0 Å². The molecular formula is C16H15N3O4S. The lowest BCUT2D eigenvalue weighted by Gasteiger charge is -2.26. The largest absolute Gasteiger partial charge is 0.486 e. The minimum absolute atomic E-state index is 0.0332. The number of benzene rings is 2. The van der Waals surface area contributed by atoms with E-state index in [4.69, 9.17) is 21.7 Å². The quantitative estimate of drug-likeness (QED) is 0.500. The van der Waals surface area contributed by atoms with Crippen LogP contribution in [-0.2, 0) is 0 Å². The molecule has 1 heterocycles. The van der Waals surface area contributed by atoms with Crippen molar-refractivity contribution in [2.45, 2.75) is 6.10 Å². The maximum Gasteiger partial charge on any atom is 0.269 e. The van der Waals surface area contributed by atoms with Gasteiger partial charge in [0.15, 0.2) is 16.6 Å². The van der Waals surface area contributed by atoms with Crippen LogP contribution in [0.2, 0.25) is 0 Å². The molecule has 0 spiro atoms. The third kappa shape index (κ3) is 3.90. The first-order valence-corrected chi connectivity index (χ1v) is 7.70. The minimum atomic E-state index is -0.446. The number of nitrogens with zero attached hydrogens (tertiary/aromatic N) is 1. The van der Waals surface area contributed by atoms with Gasteiger partial charge in [-0.2, -0.15) is 0 Å². The summed E-state index contributed by atoms with van der Waals surface area (Å²) in [5.41, 5.74) is 0.704. The molecule has 8 heteroatoms. The summed E-state index contributed by atoms with van der Waals surface area (Å²) in [7, 11) is 0. The first-order chi connectivity index (χ1) is 11.6. The van der Waals surface area contributed by atoms with E-state index < -0.39 is 4.92 Å². The number of thiocarbonyl (C=S) groups is 1. The highest BCUT2D eigenvalue weighted by Gasteiger charge is 2.20. The van der Waals surface area contributed by atoms with E-state index in [0.717, 1.165) is 5.75 Å². The molecule has 0 bridgehead atoms. The topological polar surface area (TPSA) is 85.7 Å². The highest BCUT2D eigenvalue weighted by molar-refractivity contribution is 7.80. The minimum Gasteiger partial charge on any atom is -0.486 e. The molecule has 2 aromatic rings. The van der Waals surface area contributed by atoms with Crippen LogP contribution in [0.1, 0.15) is 0 Å². The average Bonchev–Trinajstić information content (AvgIpc) is 2.60. The first-order valence-electron chi connectivity index (χ1n) is 7.29. The molecule has 1 aliphatic heterocycles. The van der Waals surface area contributed by atoms with Crippen LogP contribution in [-0.4, -0.2) is 29.3 Å². The maximum atomic E-state index is 10.6. The first kappa shape index (κ1) is 16.0. The van der Waals surface area contributed by atoms with Crippen LogP contribution in [0.4, 0.5) is 11.4 Å². The van der Waals surface area contributed by atoms with E-state index in [2.05, 4.69) is 10.6 Å². The van der Waals surface area contributed by atoms with Gasteiger partial charge in [0.05, 0.1) is 11.5 Å². The SMILES string of the molecule is O=[N+]([O-])c1ccc(NC(=S)NC[C@@H]2COc3ccccc3O2)cc1. The van der Waals surface area contributed by atoms with Crippen molar-refractivity contribution < 1.29 is 14.4 Å². The van der Waals surface area contributed by atoms with Crippen molar-refractivity contribution in [1.82, 2.24) is 5.32 Å². The van der Waals surface area contributed by atoms with Crippen molar-refractivity contribution in [2.24, 2.45) is 0 Å². The molecule has 2 aromatic carbocycles. The summed E-state index contributed by atoms with van der Waals surface area (Å²) in [5.74, 6) is 1.45. The molecule has 0 saturated heterocycles. The molecule has 0 unspecified atom stereocenters. The second-order valence-corrected chi connectivity index (χ2v) is 5.54. The number of nitrogens with one attached hydrogen (secondary N) is 2. The molecular weight excluding hydrogens is 330 g/mol. The van der Waals surface area contributed by atoms with Crippen LogP contribution >= 0.6 is 12.2 Å². The van der Waals surface area contributed by atoms with Gasteiger partial charge in [0.25, 0.3) is 5.69 Å². The van der Waals surface area contributed by atoms with E-state index in [1.165, 1.54) is 12.1 Å². The van der Waals surface area contributed by atoms with E-state index >= 15 is 0 Å². The Morgan fingerprint density at radius 3 is 2.62 bits per heavy atom. The van der Waals surface area contributed by atoms with Crippen molar-refractivity contribution in [3.63, 3.8) is 0 Å². The Hall–Kier alpha value is -2.87. The Morgan fingerprint density at radius 1 is 1.21 bits per heavy atom. The zero-order valence-corrected chi connectivity index (χ0v) is 13.4. The Morgan fingerprint density at radius 2 is 1.92 bits per heavy atom. The summed E-state index contributed by atoms with van der Waals surface area (Å²) in [6, 6.07) is 13.5. The average molecular weight is 345 g/mol. The molecule has 7 nitrogen and oxygen atoms in total. The van der Waals surface area contributed by atoms with Crippen molar-refractivity contribution in [3.8, 4) is 11.5 Å². The fourth-order valence-electron chi connectivity index (χ4n) is 2.21. The Labute approximate surface area is 143 Å². The lowest BCUT2D eigenvalue weighted by Crippen LogP contribution is -2.42.